The number of aromatic nitrogens is 2. The quantitative estimate of drug-likeness (QED) is 0.795. The lowest BCUT2D eigenvalue weighted by molar-refractivity contribution is 0.399. The summed E-state index contributed by atoms with van der Waals surface area (Å²) in [5.74, 6) is 1.46. The Morgan fingerprint density at radius 3 is 3.12 bits per heavy atom. The predicted octanol–water partition coefficient (Wildman–Crippen LogP) is 2.70. The molecule has 84 valence electrons. The molecule has 2 aromatic rings. The van der Waals surface area contributed by atoms with Gasteiger partial charge in [0.25, 0.3) is 0 Å². The molecule has 1 aliphatic rings. The third kappa shape index (κ3) is 1.39. The van der Waals surface area contributed by atoms with Gasteiger partial charge < -0.3 is 9.72 Å². The Bertz CT molecular complexity index is 530. The van der Waals surface area contributed by atoms with Crippen LogP contribution in [0.1, 0.15) is 24.6 Å². The summed E-state index contributed by atoms with van der Waals surface area (Å²) in [6.07, 6.45) is 3.56. The van der Waals surface area contributed by atoms with Gasteiger partial charge in [0, 0.05) is 11.8 Å². The number of nitrogens with zero attached hydrogens (tertiary/aromatic N) is 1. The van der Waals surface area contributed by atoms with E-state index in [2.05, 4.69) is 23.0 Å². The molecule has 3 nitrogen and oxygen atoms in total. The number of nitrogens with one attached hydrogen (secondary N) is 1. The van der Waals surface area contributed by atoms with Gasteiger partial charge in [-0.25, -0.2) is 4.98 Å². The Hall–Kier alpha value is -1.51. The fraction of sp³-hybridized carbons (Fsp3) is 0.462. The lowest BCUT2D eigenvalue weighted by atomic mass is 9.89. The summed E-state index contributed by atoms with van der Waals surface area (Å²) in [6, 6.07) is 3.97. The number of rotatable bonds is 1. The molecule has 1 unspecified atom stereocenters. The van der Waals surface area contributed by atoms with E-state index in [0.29, 0.717) is 5.88 Å². The monoisotopic (exact) mass is 216 g/mol. The average Bonchev–Trinajstić information content (AvgIpc) is 2.66. The van der Waals surface area contributed by atoms with E-state index in [1.54, 1.807) is 7.11 Å². The number of aromatic amines is 1. The summed E-state index contributed by atoms with van der Waals surface area (Å²) in [4.78, 5) is 8.02. The Balaban J connectivity index is 2.20. The number of hydrogen-bond donors (Lipinski definition) is 1. The van der Waals surface area contributed by atoms with Crippen LogP contribution in [0.2, 0.25) is 0 Å². The highest BCUT2D eigenvalue weighted by Crippen LogP contribution is 2.31. The second-order valence-electron chi connectivity index (χ2n) is 4.68. The van der Waals surface area contributed by atoms with Gasteiger partial charge in [-0.05, 0) is 36.8 Å². The van der Waals surface area contributed by atoms with Crippen molar-refractivity contribution in [3.63, 3.8) is 0 Å². The fourth-order valence-electron chi connectivity index (χ4n) is 2.54. The largest absolute Gasteiger partial charge is 0.481 e. The van der Waals surface area contributed by atoms with Crippen molar-refractivity contribution in [3.05, 3.63) is 23.4 Å². The lowest BCUT2D eigenvalue weighted by Crippen LogP contribution is -2.10. The highest BCUT2D eigenvalue weighted by atomic mass is 16.5. The second-order valence-corrected chi connectivity index (χ2v) is 4.68. The normalized spacial score (nSPS) is 19.8. The number of pyridine rings is 1. The standard InChI is InChI=1S/C13H16N2O/c1-8-3-4-10-9(7-8)13-11(14-10)5-6-12(15-13)16-2/h5-6,8,14H,3-4,7H2,1-2H3. The third-order valence-electron chi connectivity index (χ3n) is 3.45. The Kier molecular flexibility index (Phi) is 2.13. The van der Waals surface area contributed by atoms with E-state index in [4.69, 9.17) is 4.74 Å². The maximum atomic E-state index is 5.18. The van der Waals surface area contributed by atoms with Crippen molar-refractivity contribution < 1.29 is 4.74 Å². The molecular formula is C13H16N2O. The molecule has 2 aromatic heterocycles. The summed E-state index contributed by atoms with van der Waals surface area (Å²) in [6.45, 7) is 2.31. The van der Waals surface area contributed by atoms with Crippen LogP contribution in [0.3, 0.4) is 0 Å². The first kappa shape index (κ1) is 9.70. The summed E-state index contributed by atoms with van der Waals surface area (Å²) >= 11 is 0. The zero-order valence-electron chi connectivity index (χ0n) is 9.71. The van der Waals surface area contributed by atoms with E-state index in [1.807, 2.05) is 6.07 Å². The van der Waals surface area contributed by atoms with Gasteiger partial charge in [0.15, 0.2) is 0 Å². The highest BCUT2D eigenvalue weighted by molar-refractivity contribution is 5.81. The summed E-state index contributed by atoms with van der Waals surface area (Å²) in [7, 11) is 1.66. The van der Waals surface area contributed by atoms with Crippen LogP contribution in [0.4, 0.5) is 0 Å². The summed E-state index contributed by atoms with van der Waals surface area (Å²) in [5.41, 5.74) is 5.00. The molecule has 0 aliphatic heterocycles. The smallest absolute Gasteiger partial charge is 0.213 e. The van der Waals surface area contributed by atoms with E-state index >= 15 is 0 Å². The molecule has 3 rings (SSSR count). The van der Waals surface area contributed by atoms with Crippen molar-refractivity contribution in [2.45, 2.75) is 26.2 Å². The maximum absolute atomic E-state index is 5.18. The second kappa shape index (κ2) is 3.51. The molecule has 0 aromatic carbocycles. The number of fused-ring (bicyclic) bond motifs is 3. The molecule has 1 atom stereocenters. The van der Waals surface area contributed by atoms with Crippen molar-refractivity contribution in [2.24, 2.45) is 5.92 Å². The average molecular weight is 216 g/mol. The molecule has 0 amide bonds. The maximum Gasteiger partial charge on any atom is 0.213 e. The third-order valence-corrected chi connectivity index (χ3v) is 3.45. The van der Waals surface area contributed by atoms with Gasteiger partial charge in [0.1, 0.15) is 0 Å². The van der Waals surface area contributed by atoms with Crippen LogP contribution in [0.15, 0.2) is 12.1 Å². The van der Waals surface area contributed by atoms with Gasteiger partial charge in [0.2, 0.25) is 5.88 Å². The lowest BCUT2D eigenvalue weighted by Gasteiger charge is -2.17. The number of hydrogen-bond acceptors (Lipinski definition) is 2. The fourth-order valence-corrected chi connectivity index (χ4v) is 2.54. The van der Waals surface area contributed by atoms with Crippen molar-refractivity contribution in [1.29, 1.82) is 0 Å². The zero-order valence-corrected chi connectivity index (χ0v) is 9.71. The van der Waals surface area contributed by atoms with E-state index < -0.39 is 0 Å². The van der Waals surface area contributed by atoms with Crippen LogP contribution >= 0.6 is 0 Å². The first-order valence-corrected chi connectivity index (χ1v) is 5.82. The Morgan fingerprint density at radius 2 is 2.31 bits per heavy atom. The van der Waals surface area contributed by atoms with Gasteiger partial charge in [-0.1, -0.05) is 6.92 Å². The van der Waals surface area contributed by atoms with Gasteiger partial charge in [-0.3, -0.25) is 0 Å². The van der Waals surface area contributed by atoms with Crippen LogP contribution in [0, 0.1) is 5.92 Å². The summed E-state index contributed by atoms with van der Waals surface area (Å²) in [5, 5.41) is 0. The van der Waals surface area contributed by atoms with Gasteiger partial charge >= 0.3 is 0 Å². The number of methoxy groups -OCH3 is 1. The molecule has 1 aliphatic carbocycles. The predicted molar refractivity (Wildman–Crippen MR) is 63.8 cm³/mol. The molecule has 2 heterocycles. The molecule has 0 radical (unpaired) electrons. The molecular weight excluding hydrogens is 200 g/mol. The topological polar surface area (TPSA) is 37.9 Å². The first-order chi connectivity index (χ1) is 7.78. The number of aryl methyl sites for hydroxylation is 1. The van der Waals surface area contributed by atoms with Crippen LogP contribution in [-0.4, -0.2) is 17.1 Å². The van der Waals surface area contributed by atoms with Crippen molar-refractivity contribution in [1.82, 2.24) is 9.97 Å². The highest BCUT2D eigenvalue weighted by Gasteiger charge is 2.20. The summed E-state index contributed by atoms with van der Waals surface area (Å²) < 4.78 is 5.18. The minimum absolute atomic E-state index is 0.701. The van der Waals surface area contributed by atoms with Gasteiger partial charge in [0.05, 0.1) is 18.1 Å². The van der Waals surface area contributed by atoms with Crippen LogP contribution in [0.5, 0.6) is 5.88 Å². The van der Waals surface area contributed by atoms with Gasteiger partial charge in [-0.15, -0.1) is 0 Å². The van der Waals surface area contributed by atoms with E-state index in [1.165, 1.54) is 17.7 Å². The first-order valence-electron chi connectivity index (χ1n) is 5.82. The molecule has 0 saturated carbocycles. The zero-order chi connectivity index (χ0) is 11.1. The number of H-pyrrole nitrogens is 1. The van der Waals surface area contributed by atoms with E-state index in [-0.39, 0.29) is 0 Å². The number of ether oxygens (including phenoxy) is 1. The van der Waals surface area contributed by atoms with Crippen molar-refractivity contribution in [2.75, 3.05) is 7.11 Å². The van der Waals surface area contributed by atoms with Gasteiger partial charge in [-0.2, -0.15) is 0 Å². The van der Waals surface area contributed by atoms with E-state index in [0.717, 1.165) is 29.8 Å². The minimum Gasteiger partial charge on any atom is -0.481 e. The molecule has 16 heavy (non-hydrogen) atoms. The van der Waals surface area contributed by atoms with Crippen LogP contribution < -0.4 is 4.74 Å². The van der Waals surface area contributed by atoms with Crippen LogP contribution in [-0.2, 0) is 12.8 Å². The molecule has 0 bridgehead atoms. The van der Waals surface area contributed by atoms with E-state index in [9.17, 15) is 0 Å². The SMILES string of the molecule is COc1ccc2[nH]c3c(c2n1)CC(C)CC3. The van der Waals surface area contributed by atoms with Crippen molar-refractivity contribution in [3.8, 4) is 5.88 Å². The molecule has 0 saturated heterocycles. The molecule has 0 spiro atoms. The Labute approximate surface area is 94.8 Å². The minimum atomic E-state index is 0.701. The molecule has 1 N–H and O–H groups in total. The van der Waals surface area contributed by atoms with Crippen molar-refractivity contribution >= 4 is 11.0 Å². The Morgan fingerprint density at radius 1 is 1.44 bits per heavy atom. The molecule has 3 heteroatoms. The van der Waals surface area contributed by atoms with Crippen LogP contribution in [0.25, 0.3) is 11.0 Å². The molecule has 0 fully saturated rings.